The van der Waals surface area contributed by atoms with E-state index in [0.29, 0.717) is 22.6 Å². The van der Waals surface area contributed by atoms with Crippen LogP contribution < -0.4 is 10.5 Å². The van der Waals surface area contributed by atoms with Crippen molar-refractivity contribution in [2.75, 3.05) is 0 Å². The van der Waals surface area contributed by atoms with Gasteiger partial charge in [0, 0.05) is 17.8 Å². The average Bonchev–Trinajstić information content (AvgIpc) is 2.33. The fourth-order valence-corrected chi connectivity index (χ4v) is 1.90. The van der Waals surface area contributed by atoms with Crippen LogP contribution >= 0.6 is 15.9 Å². The van der Waals surface area contributed by atoms with Crippen LogP contribution in [0.25, 0.3) is 0 Å². The zero-order chi connectivity index (χ0) is 13.1. The minimum absolute atomic E-state index is 0.328. The molecule has 0 aliphatic carbocycles. The molecule has 1 aromatic carbocycles. The van der Waals surface area contributed by atoms with Crippen molar-refractivity contribution in [3.05, 3.63) is 51.9 Å². The Morgan fingerprint density at radius 1 is 1.33 bits per heavy atom. The molecule has 94 valence electrons. The summed E-state index contributed by atoms with van der Waals surface area (Å²) in [7, 11) is 0. The van der Waals surface area contributed by atoms with Crippen LogP contribution in [0.4, 0.5) is 4.39 Å². The van der Waals surface area contributed by atoms with Gasteiger partial charge in [-0.25, -0.2) is 9.37 Å². The number of pyridine rings is 1. The van der Waals surface area contributed by atoms with Crippen molar-refractivity contribution in [3.63, 3.8) is 0 Å². The van der Waals surface area contributed by atoms with E-state index in [4.69, 9.17) is 10.5 Å². The number of nitrogens with zero attached hydrogens (tertiary/aromatic N) is 1. The summed E-state index contributed by atoms with van der Waals surface area (Å²) in [5.74, 6) is 0.625. The van der Waals surface area contributed by atoms with Gasteiger partial charge in [-0.15, -0.1) is 0 Å². The average molecular weight is 311 g/mol. The lowest BCUT2D eigenvalue weighted by atomic mass is 10.2. The predicted molar refractivity (Wildman–Crippen MR) is 71.0 cm³/mol. The number of nitrogens with two attached hydrogens (primary N) is 1. The summed E-state index contributed by atoms with van der Waals surface area (Å²) in [5, 5.41) is 0. The Balaban J connectivity index is 2.36. The molecule has 3 nitrogen and oxygen atoms in total. The lowest BCUT2D eigenvalue weighted by Gasteiger charge is -2.10. The quantitative estimate of drug-likeness (QED) is 0.943. The van der Waals surface area contributed by atoms with Crippen LogP contribution in [0.15, 0.2) is 34.8 Å². The smallest absolute Gasteiger partial charge is 0.224 e. The summed E-state index contributed by atoms with van der Waals surface area (Å²) in [4.78, 5) is 4.29. The van der Waals surface area contributed by atoms with Crippen molar-refractivity contribution in [2.45, 2.75) is 13.5 Å². The molecule has 0 radical (unpaired) electrons. The van der Waals surface area contributed by atoms with E-state index < -0.39 is 0 Å². The van der Waals surface area contributed by atoms with E-state index >= 15 is 0 Å². The van der Waals surface area contributed by atoms with Crippen LogP contribution in [-0.4, -0.2) is 4.98 Å². The standard InChI is InChI=1S/C13H12BrFN2O/c1-8-2-3-9(7-16)13(17-8)18-12-5-4-10(15)6-11(12)14/h2-6H,7,16H2,1H3. The Kier molecular flexibility index (Phi) is 3.93. The lowest BCUT2D eigenvalue weighted by molar-refractivity contribution is 0.450. The van der Waals surface area contributed by atoms with Gasteiger partial charge in [0.25, 0.3) is 0 Å². The summed E-state index contributed by atoms with van der Waals surface area (Å²) < 4.78 is 19.2. The largest absolute Gasteiger partial charge is 0.437 e. The third-order valence-corrected chi connectivity index (χ3v) is 3.02. The van der Waals surface area contributed by atoms with Gasteiger partial charge in [-0.05, 0) is 47.1 Å². The van der Waals surface area contributed by atoms with Gasteiger partial charge >= 0.3 is 0 Å². The molecule has 1 aromatic heterocycles. The van der Waals surface area contributed by atoms with Gasteiger partial charge in [0.1, 0.15) is 11.6 Å². The molecule has 5 heteroatoms. The van der Waals surface area contributed by atoms with Crippen molar-refractivity contribution in [3.8, 4) is 11.6 Å². The maximum Gasteiger partial charge on any atom is 0.224 e. The second-order valence-electron chi connectivity index (χ2n) is 3.80. The molecular formula is C13H12BrFN2O. The summed E-state index contributed by atoms with van der Waals surface area (Å²) >= 11 is 3.25. The SMILES string of the molecule is Cc1ccc(CN)c(Oc2ccc(F)cc2Br)n1. The van der Waals surface area contributed by atoms with E-state index in [1.54, 1.807) is 6.07 Å². The molecule has 0 saturated carbocycles. The van der Waals surface area contributed by atoms with Crippen molar-refractivity contribution in [1.82, 2.24) is 4.98 Å². The first kappa shape index (κ1) is 13.0. The molecule has 2 N–H and O–H groups in total. The van der Waals surface area contributed by atoms with Gasteiger partial charge < -0.3 is 10.5 Å². The van der Waals surface area contributed by atoms with E-state index in [2.05, 4.69) is 20.9 Å². The Morgan fingerprint density at radius 2 is 2.11 bits per heavy atom. The maximum absolute atomic E-state index is 13.0. The van der Waals surface area contributed by atoms with E-state index in [1.165, 1.54) is 12.1 Å². The molecule has 0 atom stereocenters. The lowest BCUT2D eigenvalue weighted by Crippen LogP contribution is -2.02. The van der Waals surface area contributed by atoms with E-state index in [9.17, 15) is 4.39 Å². The number of hydrogen-bond acceptors (Lipinski definition) is 3. The first-order chi connectivity index (χ1) is 8.60. The second-order valence-corrected chi connectivity index (χ2v) is 4.65. The fourth-order valence-electron chi connectivity index (χ4n) is 1.47. The first-order valence-electron chi connectivity index (χ1n) is 5.39. The molecule has 0 bridgehead atoms. The van der Waals surface area contributed by atoms with Gasteiger partial charge in [0.2, 0.25) is 5.88 Å². The first-order valence-corrected chi connectivity index (χ1v) is 6.19. The van der Waals surface area contributed by atoms with Crippen LogP contribution in [0.2, 0.25) is 0 Å². The highest BCUT2D eigenvalue weighted by Gasteiger charge is 2.09. The van der Waals surface area contributed by atoms with Gasteiger partial charge in [0.05, 0.1) is 4.47 Å². The predicted octanol–water partition coefficient (Wildman–Crippen LogP) is 3.54. The summed E-state index contributed by atoms with van der Waals surface area (Å²) in [6.45, 7) is 2.20. The summed E-state index contributed by atoms with van der Waals surface area (Å²) in [6, 6.07) is 7.96. The molecule has 0 aliphatic rings. The van der Waals surface area contributed by atoms with Crippen LogP contribution in [0.3, 0.4) is 0 Å². The molecule has 0 unspecified atom stereocenters. The van der Waals surface area contributed by atoms with Crippen molar-refractivity contribution >= 4 is 15.9 Å². The van der Waals surface area contributed by atoms with Crippen LogP contribution in [0.1, 0.15) is 11.3 Å². The molecule has 1 heterocycles. The Labute approximate surface area is 113 Å². The van der Waals surface area contributed by atoms with Crippen LogP contribution in [0, 0.1) is 12.7 Å². The number of rotatable bonds is 3. The summed E-state index contributed by atoms with van der Waals surface area (Å²) in [6.07, 6.45) is 0. The molecule has 0 fully saturated rings. The zero-order valence-electron chi connectivity index (χ0n) is 9.78. The van der Waals surface area contributed by atoms with E-state index in [1.807, 2.05) is 19.1 Å². The number of hydrogen-bond donors (Lipinski definition) is 1. The normalized spacial score (nSPS) is 10.4. The highest BCUT2D eigenvalue weighted by molar-refractivity contribution is 9.10. The zero-order valence-corrected chi connectivity index (χ0v) is 11.4. The topological polar surface area (TPSA) is 48.1 Å². The third kappa shape index (κ3) is 2.86. The molecule has 2 aromatic rings. The van der Waals surface area contributed by atoms with Crippen LogP contribution in [-0.2, 0) is 6.54 Å². The molecule has 0 spiro atoms. The monoisotopic (exact) mass is 310 g/mol. The van der Waals surface area contributed by atoms with Crippen LogP contribution in [0.5, 0.6) is 11.6 Å². The maximum atomic E-state index is 13.0. The fraction of sp³-hybridized carbons (Fsp3) is 0.154. The van der Waals surface area contributed by atoms with Gasteiger partial charge in [0.15, 0.2) is 0 Å². The third-order valence-electron chi connectivity index (χ3n) is 2.40. The molecule has 0 amide bonds. The molecular weight excluding hydrogens is 299 g/mol. The Bertz CT molecular complexity index is 575. The second kappa shape index (κ2) is 5.46. The van der Waals surface area contributed by atoms with Crippen molar-refractivity contribution in [2.24, 2.45) is 5.73 Å². The number of halogens is 2. The molecule has 0 saturated heterocycles. The van der Waals surface area contributed by atoms with Crippen molar-refractivity contribution < 1.29 is 9.13 Å². The molecule has 0 aliphatic heterocycles. The highest BCUT2D eigenvalue weighted by Crippen LogP contribution is 2.30. The Morgan fingerprint density at radius 3 is 2.78 bits per heavy atom. The minimum atomic E-state index is -0.328. The van der Waals surface area contributed by atoms with E-state index in [-0.39, 0.29) is 5.82 Å². The Hall–Kier alpha value is -1.46. The summed E-state index contributed by atoms with van der Waals surface area (Å²) in [5.41, 5.74) is 7.26. The molecule has 18 heavy (non-hydrogen) atoms. The molecule has 2 rings (SSSR count). The highest BCUT2D eigenvalue weighted by atomic mass is 79.9. The number of aryl methyl sites for hydroxylation is 1. The number of benzene rings is 1. The minimum Gasteiger partial charge on any atom is -0.437 e. The van der Waals surface area contributed by atoms with Gasteiger partial charge in [-0.3, -0.25) is 0 Å². The number of ether oxygens (including phenoxy) is 1. The van der Waals surface area contributed by atoms with Gasteiger partial charge in [-0.1, -0.05) is 6.07 Å². The van der Waals surface area contributed by atoms with Crippen molar-refractivity contribution in [1.29, 1.82) is 0 Å². The number of aromatic nitrogens is 1. The van der Waals surface area contributed by atoms with E-state index in [0.717, 1.165) is 11.3 Å². The van der Waals surface area contributed by atoms with Gasteiger partial charge in [-0.2, -0.15) is 0 Å².